The van der Waals surface area contributed by atoms with Crippen molar-refractivity contribution in [2.45, 2.75) is 26.4 Å². The van der Waals surface area contributed by atoms with Crippen molar-refractivity contribution in [2.75, 3.05) is 13.7 Å². The van der Waals surface area contributed by atoms with Crippen molar-refractivity contribution in [1.29, 1.82) is 0 Å². The van der Waals surface area contributed by atoms with Crippen LogP contribution in [-0.4, -0.2) is 19.6 Å². The van der Waals surface area contributed by atoms with Gasteiger partial charge in [-0.1, -0.05) is 19.9 Å². The van der Waals surface area contributed by atoms with Crippen LogP contribution in [0.15, 0.2) is 18.2 Å². The molecule has 0 atom stereocenters. The predicted octanol–water partition coefficient (Wildman–Crippen LogP) is 1.82. The molecule has 0 spiro atoms. The Bertz CT molecular complexity index is 388. The molecule has 0 fully saturated rings. The fraction of sp³-hybridized carbons (Fsp3) is 0.462. The molecule has 0 aliphatic carbocycles. The first kappa shape index (κ1) is 13.5. The molecule has 1 rings (SSSR count). The Morgan fingerprint density at radius 1 is 1.41 bits per heavy atom. The van der Waals surface area contributed by atoms with Gasteiger partial charge in [0.15, 0.2) is 0 Å². The average Bonchev–Trinajstić information content (AvgIpc) is 2.35. The SMILES string of the molecule is COc1ccc(C(C)C)cc1COC(=O)CN. The molecular formula is C13H19NO3. The maximum Gasteiger partial charge on any atom is 0.320 e. The molecule has 1 aromatic rings. The lowest BCUT2D eigenvalue weighted by Crippen LogP contribution is -2.16. The number of rotatable bonds is 5. The second-order valence-corrected chi connectivity index (χ2v) is 4.09. The Balaban J connectivity index is 2.86. The first-order valence-corrected chi connectivity index (χ1v) is 5.61. The fourth-order valence-corrected chi connectivity index (χ4v) is 1.49. The van der Waals surface area contributed by atoms with Crippen molar-refractivity contribution in [1.82, 2.24) is 0 Å². The van der Waals surface area contributed by atoms with Gasteiger partial charge in [-0.3, -0.25) is 4.79 Å². The third kappa shape index (κ3) is 3.75. The molecule has 0 bridgehead atoms. The summed E-state index contributed by atoms with van der Waals surface area (Å²) in [6.07, 6.45) is 0. The number of carbonyl (C=O) groups excluding carboxylic acids is 1. The summed E-state index contributed by atoms with van der Waals surface area (Å²) in [5, 5.41) is 0. The van der Waals surface area contributed by atoms with Crippen molar-refractivity contribution in [3.63, 3.8) is 0 Å². The van der Waals surface area contributed by atoms with Crippen LogP contribution in [0.25, 0.3) is 0 Å². The van der Waals surface area contributed by atoms with Gasteiger partial charge in [-0.15, -0.1) is 0 Å². The van der Waals surface area contributed by atoms with E-state index in [9.17, 15) is 4.79 Å². The van der Waals surface area contributed by atoms with E-state index in [1.165, 1.54) is 5.56 Å². The summed E-state index contributed by atoms with van der Waals surface area (Å²) in [4.78, 5) is 11.0. The molecule has 0 radical (unpaired) electrons. The third-order valence-corrected chi connectivity index (χ3v) is 2.53. The summed E-state index contributed by atoms with van der Waals surface area (Å²) < 4.78 is 10.2. The smallest absolute Gasteiger partial charge is 0.320 e. The molecule has 0 aliphatic heterocycles. The second-order valence-electron chi connectivity index (χ2n) is 4.09. The highest BCUT2D eigenvalue weighted by atomic mass is 16.5. The average molecular weight is 237 g/mol. The maximum atomic E-state index is 11.0. The molecule has 0 aliphatic rings. The molecule has 4 heteroatoms. The lowest BCUT2D eigenvalue weighted by atomic mass is 10.0. The van der Waals surface area contributed by atoms with E-state index in [-0.39, 0.29) is 13.2 Å². The van der Waals surface area contributed by atoms with Crippen molar-refractivity contribution >= 4 is 5.97 Å². The molecule has 0 amide bonds. The van der Waals surface area contributed by atoms with Crippen molar-refractivity contribution in [3.05, 3.63) is 29.3 Å². The van der Waals surface area contributed by atoms with E-state index in [1.54, 1.807) is 7.11 Å². The molecule has 0 saturated carbocycles. The number of esters is 1. The van der Waals surface area contributed by atoms with Crippen molar-refractivity contribution in [2.24, 2.45) is 5.73 Å². The first-order chi connectivity index (χ1) is 8.08. The van der Waals surface area contributed by atoms with Crippen LogP contribution in [0.4, 0.5) is 0 Å². The first-order valence-electron chi connectivity index (χ1n) is 5.61. The van der Waals surface area contributed by atoms with E-state index < -0.39 is 5.97 Å². The van der Waals surface area contributed by atoms with Gasteiger partial charge in [0, 0.05) is 5.56 Å². The van der Waals surface area contributed by atoms with Crippen LogP contribution in [0.5, 0.6) is 5.75 Å². The molecule has 0 aromatic heterocycles. The van der Waals surface area contributed by atoms with Crippen LogP contribution in [0.2, 0.25) is 0 Å². The largest absolute Gasteiger partial charge is 0.496 e. The highest BCUT2D eigenvalue weighted by Crippen LogP contribution is 2.24. The highest BCUT2D eigenvalue weighted by molar-refractivity contribution is 5.71. The maximum absolute atomic E-state index is 11.0. The highest BCUT2D eigenvalue weighted by Gasteiger charge is 2.09. The Morgan fingerprint density at radius 3 is 2.65 bits per heavy atom. The lowest BCUT2D eigenvalue weighted by molar-refractivity contribution is -0.143. The van der Waals surface area contributed by atoms with E-state index in [1.807, 2.05) is 18.2 Å². The van der Waals surface area contributed by atoms with Crippen LogP contribution in [-0.2, 0) is 16.1 Å². The van der Waals surface area contributed by atoms with E-state index in [2.05, 4.69) is 13.8 Å². The molecule has 94 valence electrons. The topological polar surface area (TPSA) is 61.5 Å². The molecule has 4 nitrogen and oxygen atoms in total. The summed E-state index contributed by atoms with van der Waals surface area (Å²) in [7, 11) is 1.60. The molecule has 2 N–H and O–H groups in total. The summed E-state index contributed by atoms with van der Waals surface area (Å²) in [5.74, 6) is 0.728. The Kier molecular flexibility index (Phi) is 4.97. The van der Waals surface area contributed by atoms with Crippen LogP contribution >= 0.6 is 0 Å². The molecular weight excluding hydrogens is 218 g/mol. The number of methoxy groups -OCH3 is 1. The zero-order valence-electron chi connectivity index (χ0n) is 10.5. The summed E-state index contributed by atoms with van der Waals surface area (Å²) in [6.45, 7) is 4.31. The van der Waals surface area contributed by atoms with Gasteiger partial charge < -0.3 is 15.2 Å². The van der Waals surface area contributed by atoms with Gasteiger partial charge in [0.25, 0.3) is 0 Å². The minimum Gasteiger partial charge on any atom is -0.496 e. The minimum absolute atomic E-state index is 0.105. The number of benzene rings is 1. The van der Waals surface area contributed by atoms with Crippen molar-refractivity contribution in [3.8, 4) is 5.75 Å². The summed E-state index contributed by atoms with van der Waals surface area (Å²) >= 11 is 0. The van der Waals surface area contributed by atoms with Gasteiger partial charge in [-0.2, -0.15) is 0 Å². The van der Waals surface area contributed by atoms with E-state index in [0.29, 0.717) is 5.92 Å². The predicted molar refractivity (Wildman–Crippen MR) is 65.9 cm³/mol. The zero-order chi connectivity index (χ0) is 12.8. The quantitative estimate of drug-likeness (QED) is 0.793. The minimum atomic E-state index is -0.415. The van der Waals surface area contributed by atoms with Gasteiger partial charge in [0.2, 0.25) is 0 Å². The fourth-order valence-electron chi connectivity index (χ4n) is 1.49. The molecule has 0 saturated heterocycles. The Morgan fingerprint density at radius 2 is 2.12 bits per heavy atom. The van der Waals surface area contributed by atoms with E-state index in [4.69, 9.17) is 15.2 Å². The van der Waals surface area contributed by atoms with Gasteiger partial charge in [0.1, 0.15) is 12.4 Å². The van der Waals surface area contributed by atoms with Gasteiger partial charge in [-0.25, -0.2) is 0 Å². The number of nitrogens with two attached hydrogens (primary N) is 1. The molecule has 0 unspecified atom stereocenters. The number of hydrogen-bond donors (Lipinski definition) is 1. The lowest BCUT2D eigenvalue weighted by Gasteiger charge is -2.12. The number of hydrogen-bond acceptors (Lipinski definition) is 4. The van der Waals surface area contributed by atoms with Crippen LogP contribution in [0.3, 0.4) is 0 Å². The zero-order valence-corrected chi connectivity index (χ0v) is 10.5. The number of ether oxygens (including phenoxy) is 2. The summed E-state index contributed by atoms with van der Waals surface area (Å²) in [6, 6.07) is 5.89. The van der Waals surface area contributed by atoms with Gasteiger partial charge in [-0.05, 0) is 23.6 Å². The Hall–Kier alpha value is -1.55. The van der Waals surface area contributed by atoms with Gasteiger partial charge in [0.05, 0.1) is 13.7 Å². The van der Waals surface area contributed by atoms with E-state index in [0.717, 1.165) is 11.3 Å². The van der Waals surface area contributed by atoms with Crippen molar-refractivity contribution < 1.29 is 14.3 Å². The third-order valence-electron chi connectivity index (χ3n) is 2.53. The number of carbonyl (C=O) groups is 1. The van der Waals surface area contributed by atoms with E-state index >= 15 is 0 Å². The van der Waals surface area contributed by atoms with Crippen LogP contribution < -0.4 is 10.5 Å². The van der Waals surface area contributed by atoms with Crippen LogP contribution in [0.1, 0.15) is 30.9 Å². The van der Waals surface area contributed by atoms with Gasteiger partial charge >= 0.3 is 5.97 Å². The Labute approximate surface area is 102 Å². The normalized spacial score (nSPS) is 10.4. The standard InChI is InChI=1S/C13H19NO3/c1-9(2)10-4-5-12(16-3)11(6-10)8-17-13(15)7-14/h4-6,9H,7-8,14H2,1-3H3. The monoisotopic (exact) mass is 237 g/mol. The molecule has 1 aromatic carbocycles. The summed E-state index contributed by atoms with van der Waals surface area (Å²) in [5.41, 5.74) is 7.23. The van der Waals surface area contributed by atoms with Crippen LogP contribution in [0, 0.1) is 0 Å². The molecule has 17 heavy (non-hydrogen) atoms. The second kappa shape index (κ2) is 6.25. The molecule has 0 heterocycles.